The lowest BCUT2D eigenvalue weighted by atomic mass is 10.1. The molecule has 0 aliphatic carbocycles. The van der Waals surface area contributed by atoms with Gasteiger partial charge in [-0.25, -0.2) is 4.98 Å². The Kier molecular flexibility index (Phi) is 4.19. The van der Waals surface area contributed by atoms with Crippen LogP contribution < -0.4 is 14.8 Å². The number of rotatable bonds is 4. The first-order valence-electron chi connectivity index (χ1n) is 8.01. The van der Waals surface area contributed by atoms with Gasteiger partial charge in [0.25, 0.3) is 5.91 Å². The van der Waals surface area contributed by atoms with E-state index in [1.165, 1.54) is 0 Å². The Balaban J connectivity index is 1.41. The van der Waals surface area contributed by atoms with E-state index in [0.717, 1.165) is 11.3 Å². The van der Waals surface area contributed by atoms with Gasteiger partial charge in [-0.2, -0.15) is 0 Å². The second-order valence-electron chi connectivity index (χ2n) is 5.69. The molecule has 25 heavy (non-hydrogen) atoms. The average molecular weight is 358 g/mol. The van der Waals surface area contributed by atoms with Crippen LogP contribution in [0.25, 0.3) is 5.65 Å². The second-order valence-corrected chi connectivity index (χ2v) is 6.09. The fraction of sp³-hybridized carbons (Fsp3) is 0.222. The maximum Gasteiger partial charge on any atom is 0.251 e. The van der Waals surface area contributed by atoms with E-state index < -0.39 is 0 Å². The largest absolute Gasteiger partial charge is 0.486 e. The van der Waals surface area contributed by atoms with Gasteiger partial charge in [0.1, 0.15) is 18.9 Å². The number of ether oxygens (including phenoxy) is 2. The van der Waals surface area contributed by atoms with Crippen molar-refractivity contribution >= 4 is 23.2 Å². The van der Waals surface area contributed by atoms with Gasteiger partial charge in [0.2, 0.25) is 0 Å². The lowest BCUT2D eigenvalue weighted by Gasteiger charge is -2.20. The zero-order chi connectivity index (χ0) is 17.2. The van der Waals surface area contributed by atoms with E-state index in [9.17, 15) is 4.79 Å². The molecule has 1 amide bonds. The van der Waals surface area contributed by atoms with Crippen LogP contribution in [0.3, 0.4) is 0 Å². The SMILES string of the molecule is O=C(NCCc1cn2ccccc2n1)c1cc(Cl)c2c(c1)OCCO2. The number of hydrogen-bond donors (Lipinski definition) is 1. The summed E-state index contributed by atoms with van der Waals surface area (Å²) in [6, 6.07) is 9.08. The van der Waals surface area contributed by atoms with Crippen LogP contribution in [0.2, 0.25) is 5.02 Å². The molecule has 0 saturated carbocycles. The Morgan fingerprint density at radius 3 is 3.04 bits per heavy atom. The Morgan fingerprint density at radius 2 is 2.16 bits per heavy atom. The van der Waals surface area contributed by atoms with Crippen LogP contribution in [-0.2, 0) is 6.42 Å². The van der Waals surface area contributed by atoms with Crippen LogP contribution in [-0.4, -0.2) is 35.1 Å². The number of amides is 1. The average Bonchev–Trinajstić information content (AvgIpc) is 3.04. The van der Waals surface area contributed by atoms with Crippen molar-refractivity contribution in [1.82, 2.24) is 14.7 Å². The fourth-order valence-electron chi connectivity index (χ4n) is 2.76. The number of imidazole rings is 1. The minimum atomic E-state index is -0.206. The number of aromatic nitrogens is 2. The van der Waals surface area contributed by atoms with Gasteiger partial charge in [-0.05, 0) is 24.3 Å². The smallest absolute Gasteiger partial charge is 0.251 e. The molecule has 0 spiro atoms. The highest BCUT2D eigenvalue weighted by Crippen LogP contribution is 2.38. The van der Waals surface area contributed by atoms with Crippen LogP contribution in [0.15, 0.2) is 42.7 Å². The van der Waals surface area contributed by atoms with Crippen molar-refractivity contribution in [3.05, 3.63) is 59.0 Å². The third-order valence-electron chi connectivity index (χ3n) is 3.94. The van der Waals surface area contributed by atoms with Gasteiger partial charge in [0.05, 0.1) is 10.7 Å². The lowest BCUT2D eigenvalue weighted by Crippen LogP contribution is -2.26. The molecular weight excluding hydrogens is 342 g/mol. The summed E-state index contributed by atoms with van der Waals surface area (Å²) in [7, 11) is 0. The minimum Gasteiger partial charge on any atom is -0.486 e. The number of nitrogens with zero attached hydrogens (tertiary/aromatic N) is 2. The summed E-state index contributed by atoms with van der Waals surface area (Å²) in [5, 5.41) is 3.26. The van der Waals surface area contributed by atoms with Gasteiger partial charge in [0, 0.05) is 30.9 Å². The van der Waals surface area contributed by atoms with Crippen molar-refractivity contribution in [2.24, 2.45) is 0 Å². The summed E-state index contributed by atoms with van der Waals surface area (Å²) in [5.41, 5.74) is 2.26. The monoisotopic (exact) mass is 357 g/mol. The van der Waals surface area contributed by atoms with Crippen molar-refractivity contribution in [1.29, 1.82) is 0 Å². The highest BCUT2D eigenvalue weighted by Gasteiger charge is 2.19. The van der Waals surface area contributed by atoms with Gasteiger partial charge in [-0.15, -0.1) is 0 Å². The maximum atomic E-state index is 12.4. The molecule has 1 aliphatic heterocycles. The normalized spacial score (nSPS) is 13.0. The third-order valence-corrected chi connectivity index (χ3v) is 4.22. The first kappa shape index (κ1) is 15.8. The quantitative estimate of drug-likeness (QED) is 0.779. The molecule has 1 N–H and O–H groups in total. The maximum absolute atomic E-state index is 12.4. The van der Waals surface area contributed by atoms with E-state index in [4.69, 9.17) is 21.1 Å². The molecule has 0 saturated heterocycles. The third kappa shape index (κ3) is 3.25. The van der Waals surface area contributed by atoms with E-state index in [-0.39, 0.29) is 5.91 Å². The number of fused-ring (bicyclic) bond motifs is 2. The molecule has 4 rings (SSSR count). The summed E-state index contributed by atoms with van der Waals surface area (Å²) in [6.07, 6.45) is 4.55. The van der Waals surface area contributed by atoms with E-state index in [1.54, 1.807) is 12.1 Å². The Morgan fingerprint density at radius 1 is 1.28 bits per heavy atom. The van der Waals surface area contributed by atoms with E-state index in [0.29, 0.717) is 48.3 Å². The van der Waals surface area contributed by atoms with Crippen molar-refractivity contribution < 1.29 is 14.3 Å². The molecular formula is C18H16ClN3O3. The van der Waals surface area contributed by atoms with Crippen molar-refractivity contribution in [2.75, 3.05) is 19.8 Å². The Labute approximate surface area is 149 Å². The van der Waals surface area contributed by atoms with Gasteiger partial charge < -0.3 is 19.2 Å². The van der Waals surface area contributed by atoms with Crippen molar-refractivity contribution in [3.8, 4) is 11.5 Å². The number of carbonyl (C=O) groups is 1. The lowest BCUT2D eigenvalue weighted by molar-refractivity contribution is 0.0953. The number of hydrogen-bond acceptors (Lipinski definition) is 4. The number of nitrogens with one attached hydrogen (secondary N) is 1. The summed E-state index contributed by atoms with van der Waals surface area (Å²) in [4.78, 5) is 16.9. The molecule has 7 heteroatoms. The zero-order valence-corrected chi connectivity index (χ0v) is 14.1. The van der Waals surface area contributed by atoms with Crippen LogP contribution in [0.4, 0.5) is 0 Å². The Bertz CT molecular complexity index is 905. The van der Waals surface area contributed by atoms with Gasteiger partial charge in [-0.1, -0.05) is 17.7 Å². The molecule has 128 valence electrons. The summed E-state index contributed by atoms with van der Waals surface area (Å²) in [6.45, 7) is 1.38. The summed E-state index contributed by atoms with van der Waals surface area (Å²) < 4.78 is 12.9. The zero-order valence-electron chi connectivity index (χ0n) is 13.4. The van der Waals surface area contributed by atoms with E-state index >= 15 is 0 Å². The molecule has 1 aromatic carbocycles. The standard InChI is InChI=1S/C18H16ClN3O3/c19-14-9-12(10-15-17(14)25-8-7-24-15)18(23)20-5-4-13-11-22-6-2-1-3-16(22)21-13/h1-3,6,9-11H,4-5,7-8H2,(H,20,23). The van der Waals surface area contributed by atoms with Crippen LogP contribution in [0, 0.1) is 0 Å². The molecule has 0 bridgehead atoms. The molecule has 2 aromatic heterocycles. The molecule has 6 nitrogen and oxygen atoms in total. The van der Waals surface area contributed by atoms with Crippen molar-refractivity contribution in [2.45, 2.75) is 6.42 Å². The second kappa shape index (κ2) is 6.64. The number of pyridine rings is 1. The molecule has 0 fully saturated rings. The van der Waals surface area contributed by atoms with Gasteiger partial charge in [0.15, 0.2) is 11.5 Å². The Hall–Kier alpha value is -2.73. The van der Waals surface area contributed by atoms with Gasteiger partial charge >= 0.3 is 0 Å². The first-order valence-corrected chi connectivity index (χ1v) is 8.38. The topological polar surface area (TPSA) is 64.9 Å². The van der Waals surface area contributed by atoms with Crippen LogP contribution in [0.1, 0.15) is 16.1 Å². The molecule has 1 aliphatic rings. The number of benzene rings is 1. The predicted octanol–water partition coefficient (Wildman–Crippen LogP) is 2.73. The number of carbonyl (C=O) groups excluding carboxylic acids is 1. The predicted molar refractivity (Wildman–Crippen MR) is 93.7 cm³/mol. The number of halogens is 1. The summed E-state index contributed by atoms with van der Waals surface area (Å²) in [5.74, 6) is 0.793. The minimum absolute atomic E-state index is 0.206. The van der Waals surface area contributed by atoms with Gasteiger partial charge in [-0.3, -0.25) is 4.79 Å². The van der Waals surface area contributed by atoms with Crippen LogP contribution >= 0.6 is 11.6 Å². The molecule has 3 heterocycles. The van der Waals surface area contributed by atoms with E-state index in [2.05, 4.69) is 10.3 Å². The molecule has 0 radical (unpaired) electrons. The fourth-order valence-corrected chi connectivity index (χ4v) is 3.02. The molecule has 3 aromatic rings. The highest BCUT2D eigenvalue weighted by molar-refractivity contribution is 6.32. The van der Waals surface area contributed by atoms with Crippen molar-refractivity contribution in [3.63, 3.8) is 0 Å². The highest BCUT2D eigenvalue weighted by atomic mass is 35.5. The first-order chi connectivity index (χ1) is 12.2. The molecule has 0 unspecified atom stereocenters. The van der Waals surface area contributed by atoms with Crippen LogP contribution in [0.5, 0.6) is 11.5 Å². The van der Waals surface area contributed by atoms with E-state index in [1.807, 2.05) is 35.0 Å². The summed E-state index contributed by atoms with van der Waals surface area (Å²) >= 11 is 6.17. The molecule has 0 atom stereocenters.